The van der Waals surface area contributed by atoms with Gasteiger partial charge < -0.3 is 19.7 Å². The van der Waals surface area contributed by atoms with Gasteiger partial charge in [-0.05, 0) is 48.8 Å². The van der Waals surface area contributed by atoms with Crippen molar-refractivity contribution in [2.24, 2.45) is 13.0 Å². The Morgan fingerprint density at radius 3 is 2.67 bits per heavy atom. The first-order valence-electron chi connectivity index (χ1n) is 10.3. The lowest BCUT2D eigenvalue weighted by Crippen LogP contribution is -2.39. The van der Waals surface area contributed by atoms with Crippen LogP contribution in [0.15, 0.2) is 29.2 Å². The van der Waals surface area contributed by atoms with Crippen molar-refractivity contribution in [3.63, 3.8) is 0 Å². The van der Waals surface area contributed by atoms with Crippen LogP contribution in [0.5, 0.6) is 5.75 Å². The fourth-order valence-electron chi connectivity index (χ4n) is 3.96. The van der Waals surface area contributed by atoms with Gasteiger partial charge in [0, 0.05) is 24.7 Å². The number of carbonyl (C=O) groups is 1. The van der Waals surface area contributed by atoms with E-state index < -0.39 is 6.09 Å². The van der Waals surface area contributed by atoms with Crippen LogP contribution < -0.4 is 15.6 Å². The molecule has 0 saturated heterocycles. The Kier molecular flexibility index (Phi) is 6.29. The molecule has 2 aromatic heterocycles. The van der Waals surface area contributed by atoms with Gasteiger partial charge in [-0.2, -0.15) is 0 Å². The zero-order valence-electron chi connectivity index (χ0n) is 18.2. The Morgan fingerprint density at radius 1 is 1.30 bits per heavy atom. The summed E-state index contributed by atoms with van der Waals surface area (Å²) in [5, 5.41) is 14.1. The number of pyridine rings is 2. The lowest BCUT2D eigenvalue weighted by molar-refractivity contribution is 0.176. The molecule has 1 atom stereocenters. The minimum absolute atomic E-state index is 0.0940. The van der Waals surface area contributed by atoms with Crippen LogP contribution in [-0.4, -0.2) is 33.4 Å². The Labute approximate surface area is 175 Å². The number of fused-ring (bicyclic) bond motifs is 3. The van der Waals surface area contributed by atoms with Crippen molar-refractivity contribution in [2.45, 2.75) is 46.6 Å². The molecule has 0 saturated carbocycles. The van der Waals surface area contributed by atoms with Gasteiger partial charge in [0.15, 0.2) is 0 Å². The van der Waals surface area contributed by atoms with Crippen molar-refractivity contribution in [1.82, 2.24) is 14.9 Å². The van der Waals surface area contributed by atoms with Crippen molar-refractivity contribution >= 4 is 27.8 Å². The number of carboxylic acid groups (broad SMARTS) is 1. The second-order valence-electron chi connectivity index (χ2n) is 8.10. The van der Waals surface area contributed by atoms with Gasteiger partial charge >= 0.3 is 6.09 Å². The molecule has 0 radical (unpaired) electrons. The number of benzene rings is 1. The van der Waals surface area contributed by atoms with E-state index in [0.29, 0.717) is 29.2 Å². The molecule has 0 aliphatic carbocycles. The van der Waals surface area contributed by atoms with Crippen molar-refractivity contribution in [2.75, 3.05) is 6.61 Å². The van der Waals surface area contributed by atoms with E-state index in [2.05, 4.69) is 16.4 Å². The summed E-state index contributed by atoms with van der Waals surface area (Å²) in [5.41, 5.74) is 2.40. The van der Waals surface area contributed by atoms with Crippen LogP contribution in [0.25, 0.3) is 21.7 Å². The number of rotatable bonds is 7. The van der Waals surface area contributed by atoms with E-state index in [0.717, 1.165) is 28.3 Å². The van der Waals surface area contributed by atoms with Gasteiger partial charge in [0.05, 0.1) is 22.6 Å². The molecule has 2 N–H and O–H groups in total. The third-order valence-electron chi connectivity index (χ3n) is 5.39. The molecule has 7 nitrogen and oxygen atoms in total. The summed E-state index contributed by atoms with van der Waals surface area (Å²) in [4.78, 5) is 28.3. The second kappa shape index (κ2) is 8.73. The molecule has 0 fully saturated rings. The first kappa shape index (κ1) is 21.6. The monoisotopic (exact) mass is 411 g/mol. The first-order chi connectivity index (χ1) is 14.2. The van der Waals surface area contributed by atoms with E-state index in [1.165, 1.54) is 0 Å². The molecule has 7 heteroatoms. The molecule has 2 heterocycles. The fraction of sp³-hybridized carbons (Fsp3) is 0.435. The highest BCUT2D eigenvalue weighted by molar-refractivity contribution is 6.06. The topological polar surface area (TPSA) is 93.5 Å². The Bertz CT molecular complexity index is 1150. The van der Waals surface area contributed by atoms with Crippen LogP contribution in [0.1, 0.15) is 38.4 Å². The number of amides is 1. The van der Waals surface area contributed by atoms with Crippen molar-refractivity contribution < 1.29 is 14.6 Å². The summed E-state index contributed by atoms with van der Waals surface area (Å²) in [7, 11) is 1.75. The number of aromatic nitrogens is 2. The maximum atomic E-state index is 12.9. The van der Waals surface area contributed by atoms with Crippen LogP contribution in [-0.2, 0) is 13.5 Å². The predicted octanol–water partition coefficient (Wildman–Crippen LogP) is 4.02. The van der Waals surface area contributed by atoms with Gasteiger partial charge in [0.2, 0.25) is 0 Å². The van der Waals surface area contributed by atoms with Crippen LogP contribution in [0.2, 0.25) is 0 Å². The van der Waals surface area contributed by atoms with Crippen LogP contribution in [0, 0.1) is 12.8 Å². The van der Waals surface area contributed by atoms with E-state index in [-0.39, 0.29) is 18.2 Å². The van der Waals surface area contributed by atoms with Crippen LogP contribution >= 0.6 is 0 Å². The smallest absolute Gasteiger partial charge is 0.404 e. The second-order valence-corrected chi connectivity index (χ2v) is 8.10. The van der Waals surface area contributed by atoms with E-state index in [1.807, 2.05) is 39.8 Å². The zero-order chi connectivity index (χ0) is 22.0. The maximum Gasteiger partial charge on any atom is 0.404 e. The molecule has 30 heavy (non-hydrogen) atoms. The summed E-state index contributed by atoms with van der Waals surface area (Å²) in [6.45, 7) is 8.21. The van der Waals surface area contributed by atoms with E-state index in [1.54, 1.807) is 17.8 Å². The van der Waals surface area contributed by atoms with Crippen molar-refractivity contribution in [3.05, 3.63) is 46.0 Å². The van der Waals surface area contributed by atoms with Gasteiger partial charge in [-0.1, -0.05) is 20.8 Å². The Morgan fingerprint density at radius 2 is 2.03 bits per heavy atom. The number of hydrogen-bond donors (Lipinski definition) is 2. The molecular weight excluding hydrogens is 382 g/mol. The molecule has 1 amide bonds. The van der Waals surface area contributed by atoms with E-state index in [9.17, 15) is 9.59 Å². The van der Waals surface area contributed by atoms with Gasteiger partial charge in [-0.25, -0.2) is 4.79 Å². The minimum atomic E-state index is -1.06. The SMILES string of the molecule is CCc1cc2c3ccnc(C)c3c(=O)n(C)c2cc1OCC(CC(C)C)NC(=O)O. The van der Waals surface area contributed by atoms with E-state index >= 15 is 0 Å². The molecule has 0 aliphatic heterocycles. The molecule has 0 spiro atoms. The maximum absolute atomic E-state index is 12.9. The van der Waals surface area contributed by atoms with Gasteiger partial charge in [0.25, 0.3) is 5.56 Å². The average molecular weight is 412 g/mol. The lowest BCUT2D eigenvalue weighted by atomic mass is 10.0. The molecule has 3 aromatic rings. The van der Waals surface area contributed by atoms with Crippen LogP contribution in [0.4, 0.5) is 4.79 Å². The Balaban J connectivity index is 2.08. The standard InChI is InChI=1S/C23H29N3O4/c1-6-15-10-18-17-7-8-24-14(4)21(17)22(27)26(5)19(18)11-20(15)30-12-16(9-13(2)3)25-23(28)29/h7-8,10-11,13,16,25H,6,9,12H2,1-5H3,(H,28,29). The molecular formula is C23H29N3O4. The normalized spacial score (nSPS) is 12.5. The highest BCUT2D eigenvalue weighted by Crippen LogP contribution is 2.31. The molecule has 1 unspecified atom stereocenters. The Hall–Kier alpha value is -3.09. The van der Waals surface area contributed by atoms with Crippen LogP contribution in [0.3, 0.4) is 0 Å². The highest BCUT2D eigenvalue weighted by atomic mass is 16.5. The van der Waals surface area contributed by atoms with E-state index in [4.69, 9.17) is 9.84 Å². The number of ether oxygens (including phenoxy) is 1. The number of nitrogens with one attached hydrogen (secondary N) is 1. The quantitative estimate of drug-likeness (QED) is 0.573. The van der Waals surface area contributed by atoms with Crippen molar-refractivity contribution in [3.8, 4) is 5.75 Å². The zero-order valence-corrected chi connectivity index (χ0v) is 18.2. The van der Waals surface area contributed by atoms with Crippen molar-refractivity contribution in [1.29, 1.82) is 0 Å². The highest BCUT2D eigenvalue weighted by Gasteiger charge is 2.17. The third-order valence-corrected chi connectivity index (χ3v) is 5.39. The molecule has 160 valence electrons. The van der Waals surface area contributed by atoms with Gasteiger partial charge in [-0.3, -0.25) is 9.78 Å². The third kappa shape index (κ3) is 4.25. The summed E-state index contributed by atoms with van der Waals surface area (Å²) in [6.07, 6.45) is 2.09. The minimum Gasteiger partial charge on any atom is -0.491 e. The summed E-state index contributed by atoms with van der Waals surface area (Å²) in [6, 6.07) is 5.52. The first-order valence-corrected chi connectivity index (χ1v) is 10.3. The largest absolute Gasteiger partial charge is 0.491 e. The average Bonchev–Trinajstić information content (AvgIpc) is 2.68. The number of hydrogen-bond acceptors (Lipinski definition) is 4. The predicted molar refractivity (Wildman–Crippen MR) is 119 cm³/mol. The fourth-order valence-corrected chi connectivity index (χ4v) is 3.96. The van der Waals surface area contributed by atoms with Gasteiger partial charge in [-0.15, -0.1) is 0 Å². The lowest BCUT2D eigenvalue weighted by Gasteiger charge is -2.21. The number of nitrogens with zero attached hydrogens (tertiary/aromatic N) is 2. The summed E-state index contributed by atoms with van der Waals surface area (Å²) in [5.74, 6) is 1.00. The summed E-state index contributed by atoms with van der Waals surface area (Å²) < 4.78 is 7.70. The molecule has 0 aliphatic rings. The molecule has 1 aromatic carbocycles. The molecule has 3 rings (SSSR count). The number of aryl methyl sites for hydroxylation is 3. The van der Waals surface area contributed by atoms with Gasteiger partial charge in [0.1, 0.15) is 12.4 Å². The molecule has 0 bridgehead atoms. The summed E-state index contributed by atoms with van der Waals surface area (Å²) >= 11 is 0.